The third-order valence-corrected chi connectivity index (χ3v) is 1.66. The van der Waals surface area contributed by atoms with Crippen molar-refractivity contribution in [3.8, 4) is 5.75 Å². The van der Waals surface area contributed by atoms with E-state index in [1.54, 1.807) is 0 Å². The van der Waals surface area contributed by atoms with Gasteiger partial charge in [0.15, 0.2) is 0 Å². The van der Waals surface area contributed by atoms with E-state index in [-0.39, 0.29) is 16.3 Å². The maximum atomic E-state index is 11.9. The number of nitrogens with two attached hydrogens (primary N) is 1. The average Bonchev–Trinajstić information content (AvgIpc) is 2.07. The lowest BCUT2D eigenvalue weighted by atomic mass is 10.2. The van der Waals surface area contributed by atoms with Crippen LogP contribution >= 0.6 is 11.6 Å². The maximum absolute atomic E-state index is 11.9. The van der Waals surface area contributed by atoms with E-state index >= 15 is 0 Å². The number of benzene rings is 1. The van der Waals surface area contributed by atoms with Gasteiger partial charge in [0.25, 0.3) is 5.91 Å². The van der Waals surface area contributed by atoms with Gasteiger partial charge in [-0.2, -0.15) is 8.78 Å². The standard InChI is InChI=1S/C8H6ClF2NO2/c9-4-1-2-6(14-8(10)11)5(3-4)7(12)13/h1-3,8H,(H2,12,13). The van der Waals surface area contributed by atoms with Crippen LogP contribution in [0.4, 0.5) is 8.78 Å². The van der Waals surface area contributed by atoms with Gasteiger partial charge in [0, 0.05) is 5.02 Å². The van der Waals surface area contributed by atoms with Crippen molar-refractivity contribution < 1.29 is 18.3 Å². The summed E-state index contributed by atoms with van der Waals surface area (Å²) in [5.74, 6) is -1.15. The van der Waals surface area contributed by atoms with Crippen molar-refractivity contribution in [2.45, 2.75) is 6.61 Å². The number of carbonyl (C=O) groups excluding carboxylic acids is 1. The quantitative estimate of drug-likeness (QED) is 0.849. The number of hydrogen-bond acceptors (Lipinski definition) is 2. The smallest absolute Gasteiger partial charge is 0.387 e. The molecule has 2 N–H and O–H groups in total. The molecule has 0 spiro atoms. The molecule has 0 aromatic heterocycles. The van der Waals surface area contributed by atoms with Gasteiger partial charge in [0.2, 0.25) is 0 Å². The van der Waals surface area contributed by atoms with Crippen molar-refractivity contribution in [1.82, 2.24) is 0 Å². The molecule has 3 nitrogen and oxygen atoms in total. The third-order valence-electron chi connectivity index (χ3n) is 1.42. The Morgan fingerprint density at radius 2 is 2.14 bits per heavy atom. The molecular formula is C8H6ClF2NO2. The number of carbonyl (C=O) groups is 1. The fraction of sp³-hybridized carbons (Fsp3) is 0.125. The van der Waals surface area contributed by atoms with E-state index in [1.165, 1.54) is 12.1 Å². The molecule has 0 unspecified atom stereocenters. The van der Waals surface area contributed by atoms with Gasteiger partial charge in [0.1, 0.15) is 5.75 Å². The molecule has 1 aromatic rings. The van der Waals surface area contributed by atoms with Crippen LogP contribution in [0.3, 0.4) is 0 Å². The Balaban J connectivity index is 3.08. The average molecular weight is 222 g/mol. The van der Waals surface area contributed by atoms with Crippen LogP contribution in [0.25, 0.3) is 0 Å². The minimum absolute atomic E-state index is 0.169. The van der Waals surface area contributed by atoms with Crippen molar-refractivity contribution in [2.75, 3.05) is 0 Å². The second kappa shape index (κ2) is 4.23. The lowest BCUT2D eigenvalue weighted by Gasteiger charge is -2.07. The summed E-state index contributed by atoms with van der Waals surface area (Å²) in [6.45, 7) is -3.01. The molecule has 76 valence electrons. The number of primary amides is 1. The number of alkyl halides is 2. The first-order valence-electron chi connectivity index (χ1n) is 3.55. The summed E-state index contributed by atoms with van der Waals surface area (Å²) in [4.78, 5) is 10.8. The van der Waals surface area contributed by atoms with Crippen LogP contribution in [0.15, 0.2) is 18.2 Å². The summed E-state index contributed by atoms with van der Waals surface area (Å²) < 4.78 is 27.8. The Morgan fingerprint density at radius 1 is 1.50 bits per heavy atom. The topological polar surface area (TPSA) is 52.3 Å². The highest BCUT2D eigenvalue weighted by Gasteiger charge is 2.13. The minimum atomic E-state index is -3.01. The van der Waals surface area contributed by atoms with Gasteiger partial charge in [-0.1, -0.05) is 11.6 Å². The lowest BCUT2D eigenvalue weighted by molar-refractivity contribution is -0.0501. The van der Waals surface area contributed by atoms with Gasteiger partial charge >= 0.3 is 6.61 Å². The minimum Gasteiger partial charge on any atom is -0.434 e. The normalized spacial score (nSPS) is 10.3. The molecule has 0 saturated heterocycles. The van der Waals surface area contributed by atoms with E-state index in [1.807, 2.05) is 0 Å². The monoisotopic (exact) mass is 221 g/mol. The Hall–Kier alpha value is -1.36. The molecule has 1 rings (SSSR count). The fourth-order valence-corrected chi connectivity index (χ4v) is 1.07. The van der Waals surface area contributed by atoms with E-state index in [4.69, 9.17) is 17.3 Å². The summed E-state index contributed by atoms with van der Waals surface area (Å²) in [5, 5.41) is 0.223. The molecule has 0 aliphatic heterocycles. The van der Waals surface area contributed by atoms with Crippen LogP contribution in [-0.4, -0.2) is 12.5 Å². The van der Waals surface area contributed by atoms with E-state index in [0.29, 0.717) is 0 Å². The Bertz CT molecular complexity index is 357. The maximum Gasteiger partial charge on any atom is 0.387 e. The van der Waals surface area contributed by atoms with Gasteiger partial charge in [-0.15, -0.1) is 0 Å². The largest absolute Gasteiger partial charge is 0.434 e. The summed E-state index contributed by atoms with van der Waals surface area (Å²) >= 11 is 5.55. The molecule has 0 fully saturated rings. The molecule has 0 bridgehead atoms. The van der Waals surface area contributed by atoms with Crippen LogP contribution in [0.5, 0.6) is 5.75 Å². The lowest BCUT2D eigenvalue weighted by Crippen LogP contribution is -2.14. The first-order chi connectivity index (χ1) is 6.50. The Morgan fingerprint density at radius 3 is 2.64 bits per heavy atom. The molecule has 0 saturated carbocycles. The molecular weight excluding hydrogens is 216 g/mol. The van der Waals surface area contributed by atoms with Crippen LogP contribution in [-0.2, 0) is 0 Å². The predicted molar refractivity (Wildman–Crippen MR) is 46.6 cm³/mol. The van der Waals surface area contributed by atoms with Crippen LogP contribution < -0.4 is 10.5 Å². The molecule has 1 aromatic carbocycles. The molecule has 0 radical (unpaired) electrons. The summed E-state index contributed by atoms with van der Waals surface area (Å²) in [7, 11) is 0. The number of ether oxygens (including phenoxy) is 1. The van der Waals surface area contributed by atoms with Crippen molar-refractivity contribution in [3.05, 3.63) is 28.8 Å². The van der Waals surface area contributed by atoms with Gasteiger partial charge in [-0.05, 0) is 18.2 Å². The van der Waals surface area contributed by atoms with Gasteiger partial charge in [-0.25, -0.2) is 0 Å². The van der Waals surface area contributed by atoms with Crippen molar-refractivity contribution in [1.29, 1.82) is 0 Å². The molecule has 0 aliphatic carbocycles. The first-order valence-corrected chi connectivity index (χ1v) is 3.92. The second-order valence-corrected chi connectivity index (χ2v) is 2.82. The Kier molecular flexibility index (Phi) is 3.24. The van der Waals surface area contributed by atoms with Gasteiger partial charge in [-0.3, -0.25) is 4.79 Å². The summed E-state index contributed by atoms with van der Waals surface area (Å²) in [5.41, 5.74) is 4.77. The molecule has 0 atom stereocenters. The second-order valence-electron chi connectivity index (χ2n) is 2.38. The molecule has 0 aliphatic rings. The highest BCUT2D eigenvalue weighted by Crippen LogP contribution is 2.23. The number of amides is 1. The van der Waals surface area contributed by atoms with E-state index in [2.05, 4.69) is 4.74 Å². The highest BCUT2D eigenvalue weighted by molar-refractivity contribution is 6.31. The van der Waals surface area contributed by atoms with Gasteiger partial charge in [0.05, 0.1) is 5.56 Å². The third kappa shape index (κ3) is 2.56. The van der Waals surface area contributed by atoms with Crippen molar-refractivity contribution in [3.63, 3.8) is 0 Å². The summed E-state index contributed by atoms with van der Waals surface area (Å²) in [6.07, 6.45) is 0. The van der Waals surface area contributed by atoms with E-state index in [0.717, 1.165) is 6.07 Å². The zero-order chi connectivity index (χ0) is 10.7. The zero-order valence-corrected chi connectivity index (χ0v) is 7.59. The van der Waals surface area contributed by atoms with E-state index < -0.39 is 12.5 Å². The number of rotatable bonds is 3. The fourth-order valence-electron chi connectivity index (χ4n) is 0.894. The molecule has 1 amide bonds. The summed E-state index contributed by atoms with van der Waals surface area (Å²) in [6, 6.07) is 3.65. The predicted octanol–water partition coefficient (Wildman–Crippen LogP) is 2.04. The van der Waals surface area contributed by atoms with Crippen molar-refractivity contribution in [2.24, 2.45) is 5.73 Å². The molecule has 6 heteroatoms. The zero-order valence-electron chi connectivity index (χ0n) is 6.84. The molecule has 0 heterocycles. The highest BCUT2D eigenvalue weighted by atomic mass is 35.5. The SMILES string of the molecule is NC(=O)c1cc(Cl)ccc1OC(F)F. The number of hydrogen-bond donors (Lipinski definition) is 1. The number of halogens is 3. The van der Waals surface area contributed by atoms with E-state index in [9.17, 15) is 13.6 Å². The van der Waals surface area contributed by atoms with Crippen molar-refractivity contribution >= 4 is 17.5 Å². The Labute approximate surface area is 83.4 Å². The van der Waals surface area contributed by atoms with Crippen LogP contribution in [0.1, 0.15) is 10.4 Å². The van der Waals surface area contributed by atoms with Crippen LogP contribution in [0, 0.1) is 0 Å². The first kappa shape index (κ1) is 10.7. The van der Waals surface area contributed by atoms with Gasteiger partial charge < -0.3 is 10.5 Å². The molecule has 14 heavy (non-hydrogen) atoms. The van der Waals surface area contributed by atoms with Crippen LogP contribution in [0.2, 0.25) is 5.02 Å².